The molecule has 1 atom stereocenters. The normalized spacial score (nSPS) is 14.6. The third kappa shape index (κ3) is 4.89. The highest BCUT2D eigenvalue weighted by Crippen LogP contribution is 2.32. The molecule has 28 heavy (non-hydrogen) atoms. The standard InChI is InChI=1S/C21H22ClN3O3/c1-14(12-15-6-3-2-4-7-15)23-20(27)21(28)24-17-13-16(22)9-10-18(17)25-11-5-8-19(25)26/h2-4,6-7,9-10,13-14H,5,8,11-12H2,1H3,(H,23,27)(H,24,28). The molecule has 0 spiro atoms. The third-order valence-electron chi connectivity index (χ3n) is 4.54. The average molecular weight is 400 g/mol. The molecule has 7 heteroatoms. The summed E-state index contributed by atoms with van der Waals surface area (Å²) < 4.78 is 0. The minimum absolute atomic E-state index is 0.0150. The van der Waals surface area contributed by atoms with Gasteiger partial charge < -0.3 is 15.5 Å². The molecule has 0 aliphatic carbocycles. The van der Waals surface area contributed by atoms with Crippen LogP contribution in [0, 0.1) is 0 Å². The predicted octanol–water partition coefficient (Wildman–Crippen LogP) is 3.15. The van der Waals surface area contributed by atoms with E-state index in [1.165, 1.54) is 0 Å². The number of anilines is 2. The molecule has 2 N–H and O–H groups in total. The number of halogens is 1. The first-order chi connectivity index (χ1) is 13.4. The Morgan fingerprint density at radius 2 is 1.89 bits per heavy atom. The molecule has 1 saturated heterocycles. The Morgan fingerprint density at radius 1 is 1.14 bits per heavy atom. The van der Waals surface area contributed by atoms with Crippen molar-refractivity contribution in [2.45, 2.75) is 32.2 Å². The molecule has 0 bridgehead atoms. The summed E-state index contributed by atoms with van der Waals surface area (Å²) in [6.07, 6.45) is 1.84. The highest BCUT2D eigenvalue weighted by Gasteiger charge is 2.25. The fraction of sp³-hybridized carbons (Fsp3) is 0.286. The lowest BCUT2D eigenvalue weighted by molar-refractivity contribution is -0.136. The lowest BCUT2D eigenvalue weighted by Gasteiger charge is -2.20. The van der Waals surface area contributed by atoms with Gasteiger partial charge in [-0.15, -0.1) is 0 Å². The molecule has 1 unspecified atom stereocenters. The van der Waals surface area contributed by atoms with E-state index in [-0.39, 0.29) is 11.9 Å². The SMILES string of the molecule is CC(Cc1ccccc1)NC(=O)C(=O)Nc1cc(Cl)ccc1N1CCCC1=O. The van der Waals surface area contributed by atoms with Crippen LogP contribution in [-0.4, -0.2) is 30.3 Å². The Bertz CT molecular complexity index is 886. The van der Waals surface area contributed by atoms with E-state index in [1.54, 1.807) is 23.1 Å². The van der Waals surface area contributed by atoms with Crippen LogP contribution in [0.2, 0.25) is 5.02 Å². The third-order valence-corrected chi connectivity index (χ3v) is 4.77. The maximum atomic E-state index is 12.4. The number of carbonyl (C=O) groups excluding carboxylic acids is 3. The summed E-state index contributed by atoms with van der Waals surface area (Å²) in [7, 11) is 0. The van der Waals surface area contributed by atoms with Gasteiger partial charge in [-0.25, -0.2) is 0 Å². The van der Waals surface area contributed by atoms with Crippen LogP contribution in [0.15, 0.2) is 48.5 Å². The quantitative estimate of drug-likeness (QED) is 0.758. The molecule has 146 valence electrons. The van der Waals surface area contributed by atoms with Gasteiger partial charge in [-0.1, -0.05) is 41.9 Å². The number of carbonyl (C=O) groups is 3. The van der Waals surface area contributed by atoms with Gasteiger partial charge in [-0.3, -0.25) is 14.4 Å². The minimum Gasteiger partial charge on any atom is -0.345 e. The average Bonchev–Trinajstić information content (AvgIpc) is 3.08. The Labute approximate surface area is 168 Å². The van der Waals surface area contributed by atoms with Crippen molar-refractivity contribution in [3.05, 3.63) is 59.1 Å². The molecule has 0 radical (unpaired) electrons. The number of rotatable bonds is 5. The lowest BCUT2D eigenvalue weighted by Crippen LogP contribution is -2.41. The molecule has 1 fully saturated rings. The number of hydrogen-bond acceptors (Lipinski definition) is 3. The Balaban J connectivity index is 1.66. The monoisotopic (exact) mass is 399 g/mol. The van der Waals surface area contributed by atoms with Crippen LogP contribution >= 0.6 is 11.6 Å². The van der Waals surface area contributed by atoms with Crippen molar-refractivity contribution in [3.8, 4) is 0 Å². The summed E-state index contributed by atoms with van der Waals surface area (Å²) >= 11 is 6.04. The molecule has 1 aliphatic heterocycles. The van der Waals surface area contributed by atoms with E-state index in [0.717, 1.165) is 12.0 Å². The molecule has 1 heterocycles. The number of nitrogens with zero attached hydrogens (tertiary/aromatic N) is 1. The van der Waals surface area contributed by atoms with Gasteiger partial charge in [0.2, 0.25) is 5.91 Å². The lowest BCUT2D eigenvalue weighted by atomic mass is 10.1. The number of amides is 3. The van der Waals surface area contributed by atoms with E-state index in [2.05, 4.69) is 10.6 Å². The van der Waals surface area contributed by atoms with Crippen molar-refractivity contribution in [1.29, 1.82) is 0 Å². The van der Waals surface area contributed by atoms with Gasteiger partial charge in [0, 0.05) is 24.0 Å². The summed E-state index contributed by atoms with van der Waals surface area (Å²) in [5, 5.41) is 5.69. The topological polar surface area (TPSA) is 78.5 Å². The zero-order chi connectivity index (χ0) is 20.1. The zero-order valence-corrected chi connectivity index (χ0v) is 16.3. The van der Waals surface area contributed by atoms with Crippen LogP contribution in [0.5, 0.6) is 0 Å². The Hall–Kier alpha value is -2.86. The van der Waals surface area contributed by atoms with Crippen LogP contribution in [0.3, 0.4) is 0 Å². The molecule has 2 aromatic carbocycles. The van der Waals surface area contributed by atoms with Crippen LogP contribution in [0.1, 0.15) is 25.3 Å². The highest BCUT2D eigenvalue weighted by atomic mass is 35.5. The van der Waals surface area contributed by atoms with Gasteiger partial charge in [0.15, 0.2) is 0 Å². The summed E-state index contributed by atoms with van der Waals surface area (Å²) in [5.74, 6) is -1.55. The molecular weight excluding hydrogens is 378 g/mol. The van der Waals surface area contributed by atoms with Gasteiger partial charge in [-0.05, 0) is 43.5 Å². The molecule has 2 aromatic rings. The number of benzene rings is 2. The van der Waals surface area contributed by atoms with Gasteiger partial charge in [-0.2, -0.15) is 0 Å². The van der Waals surface area contributed by atoms with Gasteiger partial charge >= 0.3 is 11.8 Å². The second-order valence-electron chi connectivity index (χ2n) is 6.83. The zero-order valence-electron chi connectivity index (χ0n) is 15.6. The largest absolute Gasteiger partial charge is 0.345 e. The molecule has 3 amide bonds. The van der Waals surface area contributed by atoms with E-state index in [0.29, 0.717) is 35.8 Å². The summed E-state index contributed by atoms with van der Waals surface area (Å²) in [6, 6.07) is 14.4. The van der Waals surface area contributed by atoms with Crippen molar-refractivity contribution in [3.63, 3.8) is 0 Å². The van der Waals surface area contributed by atoms with E-state index in [9.17, 15) is 14.4 Å². The number of hydrogen-bond donors (Lipinski definition) is 2. The predicted molar refractivity (Wildman–Crippen MR) is 109 cm³/mol. The minimum atomic E-state index is -0.796. The first kappa shape index (κ1) is 19.9. The van der Waals surface area contributed by atoms with Crippen molar-refractivity contribution in [2.75, 3.05) is 16.8 Å². The fourth-order valence-electron chi connectivity index (χ4n) is 3.23. The van der Waals surface area contributed by atoms with Gasteiger partial charge in [0.25, 0.3) is 0 Å². The summed E-state index contributed by atoms with van der Waals surface area (Å²) in [4.78, 5) is 38.3. The van der Waals surface area contributed by atoms with Crippen LogP contribution in [0.4, 0.5) is 11.4 Å². The molecule has 3 rings (SSSR count). The van der Waals surface area contributed by atoms with Crippen LogP contribution in [0.25, 0.3) is 0 Å². The van der Waals surface area contributed by atoms with Crippen LogP contribution < -0.4 is 15.5 Å². The van der Waals surface area contributed by atoms with Crippen molar-refractivity contribution < 1.29 is 14.4 Å². The van der Waals surface area contributed by atoms with Crippen molar-refractivity contribution in [2.24, 2.45) is 0 Å². The summed E-state index contributed by atoms with van der Waals surface area (Å²) in [6.45, 7) is 2.41. The molecule has 6 nitrogen and oxygen atoms in total. The molecular formula is C21H22ClN3O3. The van der Waals surface area contributed by atoms with Crippen molar-refractivity contribution in [1.82, 2.24) is 5.32 Å². The van der Waals surface area contributed by atoms with Gasteiger partial charge in [0.1, 0.15) is 0 Å². The highest BCUT2D eigenvalue weighted by molar-refractivity contribution is 6.40. The smallest absolute Gasteiger partial charge is 0.313 e. The maximum absolute atomic E-state index is 12.4. The molecule has 0 aromatic heterocycles. The van der Waals surface area contributed by atoms with E-state index < -0.39 is 11.8 Å². The van der Waals surface area contributed by atoms with Crippen molar-refractivity contribution >= 4 is 40.7 Å². The Morgan fingerprint density at radius 3 is 2.57 bits per heavy atom. The van der Waals surface area contributed by atoms with E-state index >= 15 is 0 Å². The van der Waals surface area contributed by atoms with E-state index in [4.69, 9.17) is 11.6 Å². The van der Waals surface area contributed by atoms with Gasteiger partial charge in [0.05, 0.1) is 11.4 Å². The maximum Gasteiger partial charge on any atom is 0.313 e. The number of nitrogens with one attached hydrogen (secondary N) is 2. The molecule has 1 aliphatic rings. The fourth-order valence-corrected chi connectivity index (χ4v) is 3.41. The first-order valence-electron chi connectivity index (χ1n) is 9.19. The van der Waals surface area contributed by atoms with Crippen LogP contribution in [-0.2, 0) is 20.8 Å². The van der Waals surface area contributed by atoms with E-state index in [1.807, 2.05) is 37.3 Å². The Kier molecular flexibility index (Phi) is 6.31. The second kappa shape index (κ2) is 8.89. The first-order valence-corrected chi connectivity index (χ1v) is 9.57. The molecule has 0 saturated carbocycles. The summed E-state index contributed by atoms with van der Waals surface area (Å²) in [5.41, 5.74) is 1.96. The second-order valence-corrected chi connectivity index (χ2v) is 7.27.